The van der Waals surface area contributed by atoms with Crippen LogP contribution in [-0.2, 0) is 0 Å². The molecular weight excluding hydrogens is 200 g/mol. The standard InChI is InChI=1S/C10H8O5/c1-13-7-2-3-8-6(4-7)5-9(14-8)15-10(11)12/h2-5H,1H3,(H,11,12). The first-order valence-corrected chi connectivity index (χ1v) is 4.17. The molecule has 15 heavy (non-hydrogen) atoms. The summed E-state index contributed by atoms with van der Waals surface area (Å²) in [5.74, 6) is 0.621. The first kappa shape index (κ1) is 9.39. The van der Waals surface area contributed by atoms with Gasteiger partial charge in [-0.3, -0.25) is 0 Å². The number of hydrogen-bond donors (Lipinski definition) is 1. The Labute approximate surface area is 84.8 Å². The topological polar surface area (TPSA) is 68.9 Å². The van der Waals surface area contributed by atoms with Gasteiger partial charge in [-0.05, 0) is 18.2 Å². The molecule has 0 bridgehead atoms. The van der Waals surface area contributed by atoms with E-state index in [0.29, 0.717) is 11.3 Å². The molecule has 2 aromatic rings. The van der Waals surface area contributed by atoms with Crippen LogP contribution in [0.3, 0.4) is 0 Å². The fraction of sp³-hybridized carbons (Fsp3) is 0.100. The van der Waals surface area contributed by atoms with Crippen LogP contribution in [0.1, 0.15) is 0 Å². The summed E-state index contributed by atoms with van der Waals surface area (Å²) < 4.78 is 14.5. The Kier molecular flexibility index (Phi) is 2.21. The van der Waals surface area contributed by atoms with Gasteiger partial charge in [-0.15, -0.1) is 0 Å². The summed E-state index contributed by atoms with van der Waals surface area (Å²) >= 11 is 0. The van der Waals surface area contributed by atoms with Crippen molar-refractivity contribution >= 4 is 17.1 Å². The predicted molar refractivity (Wildman–Crippen MR) is 51.4 cm³/mol. The molecule has 1 aromatic heterocycles. The third-order valence-electron chi connectivity index (χ3n) is 1.89. The number of hydrogen-bond acceptors (Lipinski definition) is 4. The lowest BCUT2D eigenvalue weighted by Gasteiger charge is -1.96. The maximum Gasteiger partial charge on any atom is 0.513 e. The van der Waals surface area contributed by atoms with Gasteiger partial charge in [0.1, 0.15) is 11.3 Å². The normalized spacial score (nSPS) is 10.2. The minimum absolute atomic E-state index is 0.0502. The van der Waals surface area contributed by atoms with Crippen molar-refractivity contribution in [3.63, 3.8) is 0 Å². The highest BCUT2D eigenvalue weighted by atomic mass is 16.7. The summed E-state index contributed by atoms with van der Waals surface area (Å²) in [4.78, 5) is 10.3. The molecule has 1 N–H and O–H groups in total. The van der Waals surface area contributed by atoms with E-state index in [4.69, 9.17) is 14.3 Å². The van der Waals surface area contributed by atoms with Crippen LogP contribution in [-0.4, -0.2) is 18.4 Å². The third-order valence-corrected chi connectivity index (χ3v) is 1.89. The van der Waals surface area contributed by atoms with Crippen LogP contribution in [0.15, 0.2) is 28.7 Å². The van der Waals surface area contributed by atoms with Crippen molar-refractivity contribution in [1.82, 2.24) is 0 Å². The van der Waals surface area contributed by atoms with Gasteiger partial charge < -0.3 is 19.0 Å². The fourth-order valence-electron chi connectivity index (χ4n) is 1.26. The van der Waals surface area contributed by atoms with Crippen LogP contribution < -0.4 is 9.47 Å². The molecule has 0 saturated heterocycles. The maximum atomic E-state index is 10.3. The number of rotatable bonds is 2. The van der Waals surface area contributed by atoms with Gasteiger partial charge in [0.25, 0.3) is 5.95 Å². The summed E-state index contributed by atoms with van der Waals surface area (Å²) in [6.07, 6.45) is -1.40. The van der Waals surface area contributed by atoms with Gasteiger partial charge in [-0.1, -0.05) is 0 Å². The highest BCUT2D eigenvalue weighted by molar-refractivity contribution is 5.81. The number of ether oxygens (including phenoxy) is 2. The molecular formula is C10H8O5. The number of fused-ring (bicyclic) bond motifs is 1. The van der Waals surface area contributed by atoms with Crippen LogP contribution >= 0.6 is 0 Å². The summed E-state index contributed by atoms with van der Waals surface area (Å²) in [5, 5.41) is 9.11. The Morgan fingerprint density at radius 1 is 1.40 bits per heavy atom. The number of methoxy groups -OCH3 is 1. The molecule has 1 heterocycles. The zero-order chi connectivity index (χ0) is 10.8. The van der Waals surface area contributed by atoms with Crippen molar-refractivity contribution in [3.05, 3.63) is 24.3 Å². The van der Waals surface area contributed by atoms with Gasteiger partial charge in [0.15, 0.2) is 0 Å². The number of furan rings is 1. The van der Waals surface area contributed by atoms with E-state index < -0.39 is 6.16 Å². The summed E-state index contributed by atoms with van der Waals surface area (Å²) in [6, 6.07) is 6.62. The van der Waals surface area contributed by atoms with E-state index >= 15 is 0 Å². The molecule has 0 aliphatic carbocycles. The van der Waals surface area contributed by atoms with Crippen molar-refractivity contribution in [1.29, 1.82) is 0 Å². The summed E-state index contributed by atoms with van der Waals surface area (Å²) in [7, 11) is 1.55. The van der Waals surface area contributed by atoms with E-state index in [1.165, 1.54) is 6.07 Å². The Balaban J connectivity index is 2.42. The molecule has 78 valence electrons. The lowest BCUT2D eigenvalue weighted by Crippen LogP contribution is -2.01. The molecule has 5 heteroatoms. The minimum atomic E-state index is -1.40. The molecule has 0 fully saturated rings. The predicted octanol–water partition coefficient (Wildman–Crippen LogP) is 2.50. The largest absolute Gasteiger partial charge is 0.513 e. The maximum absolute atomic E-state index is 10.3. The Bertz CT molecular complexity index is 499. The van der Waals surface area contributed by atoms with Crippen LogP contribution in [0.5, 0.6) is 11.7 Å². The van der Waals surface area contributed by atoms with Crippen molar-refractivity contribution in [2.24, 2.45) is 0 Å². The number of carboxylic acid groups (broad SMARTS) is 1. The average Bonchev–Trinajstić information content (AvgIpc) is 2.57. The first-order valence-electron chi connectivity index (χ1n) is 4.17. The number of carbonyl (C=O) groups is 1. The number of benzene rings is 1. The zero-order valence-electron chi connectivity index (χ0n) is 7.89. The van der Waals surface area contributed by atoms with E-state index in [9.17, 15) is 4.79 Å². The second kappa shape index (κ2) is 3.53. The van der Waals surface area contributed by atoms with Crippen molar-refractivity contribution in [2.75, 3.05) is 7.11 Å². The van der Waals surface area contributed by atoms with Gasteiger partial charge >= 0.3 is 6.16 Å². The van der Waals surface area contributed by atoms with Crippen molar-refractivity contribution < 1.29 is 23.8 Å². The molecule has 0 atom stereocenters. The molecule has 0 spiro atoms. The van der Waals surface area contributed by atoms with Gasteiger partial charge in [-0.2, -0.15) is 0 Å². The Hall–Kier alpha value is -2.17. The smallest absolute Gasteiger partial charge is 0.497 e. The fourth-order valence-corrected chi connectivity index (χ4v) is 1.26. The molecule has 0 amide bonds. The van der Waals surface area contributed by atoms with Crippen LogP contribution in [0.2, 0.25) is 0 Å². The lowest BCUT2D eigenvalue weighted by molar-refractivity contribution is 0.134. The highest BCUT2D eigenvalue weighted by Gasteiger charge is 2.08. The molecule has 2 rings (SSSR count). The van der Waals surface area contributed by atoms with Crippen LogP contribution in [0.4, 0.5) is 4.79 Å². The first-order chi connectivity index (χ1) is 7.19. The second-order valence-corrected chi connectivity index (χ2v) is 2.84. The van der Waals surface area contributed by atoms with Crippen molar-refractivity contribution in [2.45, 2.75) is 0 Å². The van der Waals surface area contributed by atoms with Gasteiger partial charge in [0, 0.05) is 11.5 Å². The van der Waals surface area contributed by atoms with Crippen LogP contribution in [0.25, 0.3) is 11.0 Å². The molecule has 0 unspecified atom stereocenters. The third kappa shape index (κ3) is 1.85. The molecule has 0 aliphatic rings. The quantitative estimate of drug-likeness (QED) is 0.768. The lowest BCUT2D eigenvalue weighted by atomic mass is 10.2. The van der Waals surface area contributed by atoms with E-state index in [0.717, 1.165) is 5.39 Å². The monoisotopic (exact) mass is 208 g/mol. The van der Waals surface area contributed by atoms with Gasteiger partial charge in [0.2, 0.25) is 0 Å². The molecule has 1 aromatic carbocycles. The van der Waals surface area contributed by atoms with Crippen molar-refractivity contribution in [3.8, 4) is 11.7 Å². The SMILES string of the molecule is COc1ccc2oc(OC(=O)O)cc2c1. The van der Waals surface area contributed by atoms with Crippen LogP contribution in [0, 0.1) is 0 Å². The zero-order valence-corrected chi connectivity index (χ0v) is 7.89. The van der Waals surface area contributed by atoms with E-state index in [-0.39, 0.29) is 5.95 Å². The van der Waals surface area contributed by atoms with E-state index in [1.54, 1.807) is 25.3 Å². The highest BCUT2D eigenvalue weighted by Crippen LogP contribution is 2.28. The van der Waals surface area contributed by atoms with E-state index in [2.05, 4.69) is 4.74 Å². The molecule has 0 radical (unpaired) electrons. The Morgan fingerprint density at radius 2 is 2.20 bits per heavy atom. The molecule has 0 saturated carbocycles. The minimum Gasteiger partial charge on any atom is -0.497 e. The Morgan fingerprint density at radius 3 is 2.87 bits per heavy atom. The van der Waals surface area contributed by atoms with Gasteiger partial charge in [-0.25, -0.2) is 4.79 Å². The van der Waals surface area contributed by atoms with Gasteiger partial charge in [0.05, 0.1) is 7.11 Å². The summed E-state index contributed by atoms with van der Waals surface area (Å²) in [5.41, 5.74) is 0.548. The summed E-state index contributed by atoms with van der Waals surface area (Å²) in [6.45, 7) is 0. The van der Waals surface area contributed by atoms with E-state index in [1.807, 2.05) is 0 Å². The second-order valence-electron chi connectivity index (χ2n) is 2.84. The molecule has 0 aliphatic heterocycles. The average molecular weight is 208 g/mol. The molecule has 5 nitrogen and oxygen atoms in total.